The minimum absolute atomic E-state index is 0.185. The molecule has 110 valence electrons. The molecule has 1 aromatic carbocycles. The summed E-state index contributed by atoms with van der Waals surface area (Å²) in [6.07, 6.45) is 2.71. The monoisotopic (exact) mass is 273 g/mol. The Kier molecular flexibility index (Phi) is 3.48. The molecule has 2 nitrogen and oxygen atoms in total. The maximum atomic E-state index is 8.93. The highest BCUT2D eigenvalue weighted by Crippen LogP contribution is 2.56. The first kappa shape index (κ1) is 15.1. The van der Waals surface area contributed by atoms with E-state index in [1.165, 1.54) is 22.3 Å². The Morgan fingerprint density at radius 1 is 1.30 bits per heavy atom. The van der Waals surface area contributed by atoms with Crippen molar-refractivity contribution in [2.24, 2.45) is 11.1 Å². The number of oxime groups is 1. The SMILES string of the molecule is CC[C@]1(C)c2c(cc(C)c(/C=N\O)c2C)C(C)(C)[C@@H]1C. The predicted molar refractivity (Wildman–Crippen MR) is 85.1 cm³/mol. The van der Waals surface area contributed by atoms with Gasteiger partial charge in [-0.05, 0) is 59.3 Å². The average Bonchev–Trinajstić information content (AvgIpc) is 2.54. The standard InChI is InChI=1S/C18H27NO/c1-8-18(7)13(4)17(5,6)15-9-11(2)14(10-19-20)12(3)16(15)18/h9-10,13,20H,8H2,1-7H3/b19-10-/t13-,18-/m0/s1. The Labute approximate surface area is 122 Å². The molecule has 2 atom stereocenters. The van der Waals surface area contributed by atoms with Crippen LogP contribution in [0.5, 0.6) is 0 Å². The second-order valence-corrected chi connectivity index (χ2v) is 7.11. The second kappa shape index (κ2) is 4.61. The molecule has 0 saturated heterocycles. The molecule has 1 N–H and O–H groups in total. The van der Waals surface area contributed by atoms with Gasteiger partial charge in [-0.1, -0.05) is 45.8 Å². The zero-order chi connectivity index (χ0) is 15.3. The Hall–Kier alpha value is -1.31. The van der Waals surface area contributed by atoms with Gasteiger partial charge in [-0.3, -0.25) is 0 Å². The van der Waals surface area contributed by atoms with E-state index in [1.54, 1.807) is 6.21 Å². The van der Waals surface area contributed by atoms with Crippen LogP contribution in [-0.4, -0.2) is 11.4 Å². The van der Waals surface area contributed by atoms with E-state index < -0.39 is 0 Å². The van der Waals surface area contributed by atoms with Crippen LogP contribution in [0.4, 0.5) is 0 Å². The second-order valence-electron chi connectivity index (χ2n) is 7.11. The molecular formula is C18H27NO. The summed E-state index contributed by atoms with van der Waals surface area (Å²) in [7, 11) is 0. The minimum Gasteiger partial charge on any atom is -0.411 e. The topological polar surface area (TPSA) is 32.6 Å². The Morgan fingerprint density at radius 2 is 1.90 bits per heavy atom. The van der Waals surface area contributed by atoms with Gasteiger partial charge in [0.05, 0.1) is 6.21 Å². The Morgan fingerprint density at radius 3 is 2.40 bits per heavy atom. The van der Waals surface area contributed by atoms with Crippen LogP contribution in [0, 0.1) is 19.8 Å². The van der Waals surface area contributed by atoms with Crippen molar-refractivity contribution < 1.29 is 5.21 Å². The number of nitrogens with zero attached hydrogens (tertiary/aromatic N) is 1. The largest absolute Gasteiger partial charge is 0.411 e. The number of fused-ring (bicyclic) bond motifs is 1. The van der Waals surface area contributed by atoms with E-state index in [9.17, 15) is 0 Å². The molecule has 1 aliphatic carbocycles. The molecule has 0 unspecified atom stereocenters. The fourth-order valence-corrected chi connectivity index (χ4v) is 4.23. The van der Waals surface area contributed by atoms with Crippen molar-refractivity contribution in [2.75, 3.05) is 0 Å². The summed E-state index contributed by atoms with van der Waals surface area (Å²) in [5.41, 5.74) is 6.85. The van der Waals surface area contributed by atoms with Gasteiger partial charge in [0.25, 0.3) is 0 Å². The van der Waals surface area contributed by atoms with Crippen molar-refractivity contribution in [3.63, 3.8) is 0 Å². The number of rotatable bonds is 2. The van der Waals surface area contributed by atoms with Gasteiger partial charge in [-0.15, -0.1) is 0 Å². The van der Waals surface area contributed by atoms with E-state index >= 15 is 0 Å². The van der Waals surface area contributed by atoms with Crippen LogP contribution >= 0.6 is 0 Å². The van der Waals surface area contributed by atoms with Crippen molar-refractivity contribution in [3.8, 4) is 0 Å². The molecule has 20 heavy (non-hydrogen) atoms. The highest BCUT2D eigenvalue weighted by Gasteiger charge is 2.51. The fraction of sp³-hybridized carbons (Fsp3) is 0.611. The molecule has 0 aromatic heterocycles. The van der Waals surface area contributed by atoms with Crippen molar-refractivity contribution in [3.05, 3.63) is 33.9 Å². The van der Waals surface area contributed by atoms with Crippen molar-refractivity contribution >= 4 is 6.21 Å². The van der Waals surface area contributed by atoms with E-state index in [-0.39, 0.29) is 10.8 Å². The molecule has 0 bridgehead atoms. The Balaban J connectivity index is 2.86. The molecule has 0 amide bonds. The van der Waals surface area contributed by atoms with Crippen LogP contribution < -0.4 is 0 Å². The molecular weight excluding hydrogens is 246 g/mol. The van der Waals surface area contributed by atoms with E-state index in [2.05, 4.69) is 59.7 Å². The summed E-state index contributed by atoms with van der Waals surface area (Å²) in [4.78, 5) is 0. The van der Waals surface area contributed by atoms with Crippen molar-refractivity contribution in [1.29, 1.82) is 0 Å². The summed E-state index contributed by atoms with van der Waals surface area (Å²) in [5, 5.41) is 12.2. The molecule has 0 heterocycles. The minimum atomic E-state index is 0.185. The highest BCUT2D eigenvalue weighted by molar-refractivity contribution is 5.85. The molecule has 0 spiro atoms. The van der Waals surface area contributed by atoms with Gasteiger partial charge in [0.15, 0.2) is 0 Å². The molecule has 0 aliphatic heterocycles. The third-order valence-electron chi connectivity index (χ3n) is 6.06. The van der Waals surface area contributed by atoms with Crippen LogP contribution in [-0.2, 0) is 10.8 Å². The average molecular weight is 273 g/mol. The summed E-state index contributed by atoms with van der Waals surface area (Å²) in [5.74, 6) is 0.592. The molecule has 0 fully saturated rings. The van der Waals surface area contributed by atoms with Gasteiger partial charge in [-0.2, -0.15) is 0 Å². The Bertz CT molecular complexity index is 571. The first-order valence-electron chi connectivity index (χ1n) is 7.54. The van der Waals surface area contributed by atoms with Gasteiger partial charge < -0.3 is 5.21 Å². The number of aryl methyl sites for hydroxylation is 1. The van der Waals surface area contributed by atoms with E-state index in [0.29, 0.717) is 5.92 Å². The summed E-state index contributed by atoms with van der Waals surface area (Å²) in [6, 6.07) is 2.30. The van der Waals surface area contributed by atoms with Gasteiger partial charge in [0.2, 0.25) is 0 Å². The zero-order valence-electron chi connectivity index (χ0n) is 13.8. The lowest BCUT2D eigenvalue weighted by atomic mass is 9.68. The van der Waals surface area contributed by atoms with Crippen LogP contribution in [0.3, 0.4) is 0 Å². The van der Waals surface area contributed by atoms with Crippen molar-refractivity contribution in [1.82, 2.24) is 0 Å². The summed E-state index contributed by atoms with van der Waals surface area (Å²) < 4.78 is 0. The number of hydrogen-bond acceptors (Lipinski definition) is 2. The van der Waals surface area contributed by atoms with Gasteiger partial charge in [0.1, 0.15) is 0 Å². The third kappa shape index (κ3) is 1.73. The summed E-state index contributed by atoms with van der Waals surface area (Å²) >= 11 is 0. The molecule has 2 heteroatoms. The molecule has 0 saturated carbocycles. The van der Waals surface area contributed by atoms with Crippen LogP contribution in [0.2, 0.25) is 0 Å². The van der Waals surface area contributed by atoms with Gasteiger partial charge in [0, 0.05) is 5.56 Å². The maximum Gasteiger partial charge on any atom is 0.0739 e. The highest BCUT2D eigenvalue weighted by atomic mass is 16.4. The smallest absolute Gasteiger partial charge is 0.0739 e. The van der Waals surface area contributed by atoms with Crippen LogP contribution in [0.1, 0.15) is 68.9 Å². The lowest BCUT2D eigenvalue weighted by Crippen LogP contribution is -2.33. The van der Waals surface area contributed by atoms with Gasteiger partial charge >= 0.3 is 0 Å². The predicted octanol–water partition coefficient (Wildman–Crippen LogP) is 4.71. The lowest BCUT2D eigenvalue weighted by Gasteiger charge is -2.35. The number of benzene rings is 1. The first-order chi connectivity index (χ1) is 9.21. The molecule has 2 rings (SSSR count). The zero-order valence-corrected chi connectivity index (χ0v) is 13.8. The quantitative estimate of drug-likeness (QED) is 0.472. The third-order valence-corrected chi connectivity index (χ3v) is 6.06. The van der Waals surface area contributed by atoms with E-state index in [4.69, 9.17) is 5.21 Å². The normalized spacial score (nSPS) is 28.1. The first-order valence-corrected chi connectivity index (χ1v) is 7.54. The summed E-state index contributed by atoms with van der Waals surface area (Å²) in [6.45, 7) is 16.0. The molecule has 1 aromatic rings. The van der Waals surface area contributed by atoms with Crippen LogP contribution in [0.25, 0.3) is 0 Å². The lowest BCUT2D eigenvalue weighted by molar-refractivity contribution is 0.239. The molecule has 1 aliphatic rings. The van der Waals surface area contributed by atoms with E-state index in [1.807, 2.05) is 0 Å². The molecule has 0 radical (unpaired) electrons. The van der Waals surface area contributed by atoms with E-state index in [0.717, 1.165) is 12.0 Å². The fourth-order valence-electron chi connectivity index (χ4n) is 4.23. The van der Waals surface area contributed by atoms with Gasteiger partial charge in [-0.25, -0.2) is 0 Å². The number of hydrogen-bond donors (Lipinski definition) is 1. The van der Waals surface area contributed by atoms with Crippen molar-refractivity contribution in [2.45, 2.75) is 65.7 Å². The maximum absolute atomic E-state index is 8.93. The van der Waals surface area contributed by atoms with Crippen LogP contribution in [0.15, 0.2) is 11.2 Å².